The molecule has 1 aromatic heterocycles. The van der Waals surface area contributed by atoms with Crippen molar-refractivity contribution >= 4 is 11.7 Å². The number of carbonyl (C=O) groups excluding carboxylic acids is 2. The first-order chi connectivity index (χ1) is 8.63. The predicted octanol–water partition coefficient (Wildman–Crippen LogP) is 1.83. The van der Waals surface area contributed by atoms with Gasteiger partial charge in [-0.2, -0.15) is 0 Å². The molecule has 96 valence electrons. The van der Waals surface area contributed by atoms with Crippen molar-refractivity contribution in [2.75, 3.05) is 13.1 Å². The normalized spacial score (nSPS) is 20.0. The van der Waals surface area contributed by atoms with Crippen LogP contribution in [-0.2, 0) is 4.79 Å². The molecule has 2 rings (SSSR count). The van der Waals surface area contributed by atoms with Gasteiger partial charge in [0.15, 0.2) is 0 Å². The predicted molar refractivity (Wildman–Crippen MR) is 68.3 cm³/mol. The van der Waals surface area contributed by atoms with E-state index >= 15 is 0 Å². The summed E-state index contributed by atoms with van der Waals surface area (Å²) in [5.41, 5.74) is 1.38. The molecule has 0 spiro atoms. The highest BCUT2D eigenvalue weighted by atomic mass is 16.2. The van der Waals surface area contributed by atoms with E-state index in [0.29, 0.717) is 25.2 Å². The van der Waals surface area contributed by atoms with Gasteiger partial charge in [-0.05, 0) is 25.0 Å². The van der Waals surface area contributed by atoms with Crippen molar-refractivity contribution in [3.05, 3.63) is 29.6 Å². The molecule has 1 amide bonds. The van der Waals surface area contributed by atoms with E-state index in [1.54, 1.807) is 11.1 Å². The van der Waals surface area contributed by atoms with E-state index in [-0.39, 0.29) is 17.6 Å². The number of hydrogen-bond acceptors (Lipinski definition) is 3. The Kier molecular flexibility index (Phi) is 3.75. The SMILES string of the molecule is CCC1CN(C(=O)c2ncccc2C)CCC1=O. The monoisotopic (exact) mass is 246 g/mol. The minimum absolute atomic E-state index is 0.00767. The first kappa shape index (κ1) is 12.7. The Morgan fingerprint density at radius 1 is 1.56 bits per heavy atom. The van der Waals surface area contributed by atoms with Gasteiger partial charge in [-0.15, -0.1) is 0 Å². The fourth-order valence-electron chi connectivity index (χ4n) is 2.31. The Balaban J connectivity index is 2.15. The lowest BCUT2D eigenvalue weighted by atomic mass is 9.94. The molecule has 0 bridgehead atoms. The Morgan fingerprint density at radius 3 is 3.00 bits per heavy atom. The lowest BCUT2D eigenvalue weighted by molar-refractivity contribution is -0.125. The fraction of sp³-hybridized carbons (Fsp3) is 0.500. The highest BCUT2D eigenvalue weighted by Gasteiger charge is 2.29. The summed E-state index contributed by atoms with van der Waals surface area (Å²) in [5, 5.41) is 0. The molecule has 1 atom stereocenters. The quantitative estimate of drug-likeness (QED) is 0.800. The zero-order valence-electron chi connectivity index (χ0n) is 10.8. The average Bonchev–Trinajstić information content (AvgIpc) is 2.39. The molecule has 0 radical (unpaired) electrons. The standard InChI is InChI=1S/C14H18N2O2/c1-3-11-9-16(8-6-12(11)17)14(18)13-10(2)5-4-7-15-13/h4-5,7,11H,3,6,8-9H2,1-2H3. The zero-order chi connectivity index (χ0) is 13.1. The van der Waals surface area contributed by atoms with E-state index in [1.807, 2.05) is 26.0 Å². The summed E-state index contributed by atoms with van der Waals surface area (Å²) in [6.07, 6.45) is 2.90. The number of pyridine rings is 1. The number of piperidine rings is 1. The average molecular weight is 246 g/mol. The lowest BCUT2D eigenvalue weighted by Gasteiger charge is -2.31. The number of likely N-dealkylation sites (tertiary alicyclic amines) is 1. The molecule has 1 fully saturated rings. The van der Waals surface area contributed by atoms with E-state index < -0.39 is 0 Å². The van der Waals surface area contributed by atoms with Crippen molar-refractivity contribution in [2.45, 2.75) is 26.7 Å². The number of hydrogen-bond donors (Lipinski definition) is 0. The van der Waals surface area contributed by atoms with Crippen LogP contribution in [0.4, 0.5) is 0 Å². The van der Waals surface area contributed by atoms with Gasteiger partial charge in [0.05, 0.1) is 0 Å². The number of nitrogens with zero attached hydrogens (tertiary/aromatic N) is 2. The van der Waals surface area contributed by atoms with Crippen LogP contribution >= 0.6 is 0 Å². The summed E-state index contributed by atoms with van der Waals surface area (Å²) in [6.45, 7) is 4.92. The van der Waals surface area contributed by atoms with Gasteiger partial charge < -0.3 is 4.90 Å². The number of amides is 1. The second kappa shape index (κ2) is 5.29. The summed E-state index contributed by atoms with van der Waals surface area (Å²) in [7, 11) is 0. The van der Waals surface area contributed by atoms with Gasteiger partial charge >= 0.3 is 0 Å². The molecule has 0 aliphatic carbocycles. The minimum atomic E-state index is -0.0564. The summed E-state index contributed by atoms with van der Waals surface area (Å²) < 4.78 is 0. The van der Waals surface area contributed by atoms with Crippen LogP contribution in [0, 0.1) is 12.8 Å². The van der Waals surface area contributed by atoms with Gasteiger partial charge in [0.25, 0.3) is 5.91 Å². The van der Waals surface area contributed by atoms with Crippen LogP contribution in [0.15, 0.2) is 18.3 Å². The summed E-state index contributed by atoms with van der Waals surface area (Å²) in [4.78, 5) is 29.9. The maximum atomic E-state index is 12.3. The van der Waals surface area contributed by atoms with Crippen LogP contribution in [0.5, 0.6) is 0 Å². The largest absolute Gasteiger partial charge is 0.336 e. The minimum Gasteiger partial charge on any atom is -0.336 e. The van der Waals surface area contributed by atoms with Crippen LogP contribution in [-0.4, -0.2) is 34.7 Å². The molecule has 4 heteroatoms. The molecular weight excluding hydrogens is 228 g/mol. The molecule has 1 unspecified atom stereocenters. The topological polar surface area (TPSA) is 50.3 Å². The van der Waals surface area contributed by atoms with E-state index in [2.05, 4.69) is 4.98 Å². The third kappa shape index (κ3) is 2.42. The van der Waals surface area contributed by atoms with Crippen LogP contribution in [0.3, 0.4) is 0 Å². The van der Waals surface area contributed by atoms with Crippen molar-refractivity contribution in [3.63, 3.8) is 0 Å². The highest BCUT2D eigenvalue weighted by molar-refractivity contribution is 5.95. The second-order valence-corrected chi connectivity index (χ2v) is 4.74. The molecule has 18 heavy (non-hydrogen) atoms. The van der Waals surface area contributed by atoms with Crippen molar-refractivity contribution in [2.24, 2.45) is 5.92 Å². The number of rotatable bonds is 2. The van der Waals surface area contributed by atoms with Gasteiger partial charge in [-0.3, -0.25) is 14.6 Å². The smallest absolute Gasteiger partial charge is 0.272 e. The van der Waals surface area contributed by atoms with Crippen molar-refractivity contribution in [3.8, 4) is 0 Å². The van der Waals surface area contributed by atoms with Crippen molar-refractivity contribution < 1.29 is 9.59 Å². The number of ketones is 1. The number of carbonyl (C=O) groups is 2. The third-order valence-corrected chi connectivity index (χ3v) is 3.52. The molecule has 1 aliphatic heterocycles. The maximum Gasteiger partial charge on any atom is 0.272 e. The summed E-state index contributed by atoms with van der Waals surface area (Å²) in [6, 6.07) is 3.70. The Labute approximate surface area is 107 Å². The van der Waals surface area contributed by atoms with Crippen LogP contribution < -0.4 is 0 Å². The van der Waals surface area contributed by atoms with E-state index in [4.69, 9.17) is 0 Å². The first-order valence-corrected chi connectivity index (χ1v) is 6.37. The Hall–Kier alpha value is -1.71. The molecular formula is C14H18N2O2. The van der Waals surface area contributed by atoms with Gasteiger partial charge in [0.1, 0.15) is 11.5 Å². The van der Waals surface area contributed by atoms with Gasteiger partial charge in [-0.25, -0.2) is 0 Å². The number of Topliss-reactive ketones (excluding diaryl/α,β-unsaturated/α-hetero) is 1. The molecule has 0 saturated carbocycles. The van der Waals surface area contributed by atoms with Gasteiger partial charge in [0, 0.05) is 31.6 Å². The van der Waals surface area contributed by atoms with Crippen LogP contribution in [0.1, 0.15) is 35.8 Å². The first-order valence-electron chi connectivity index (χ1n) is 6.37. The molecule has 0 N–H and O–H groups in total. The van der Waals surface area contributed by atoms with E-state index in [0.717, 1.165) is 12.0 Å². The molecule has 4 nitrogen and oxygen atoms in total. The summed E-state index contributed by atoms with van der Waals surface area (Å²) in [5.74, 6) is 0.213. The second-order valence-electron chi connectivity index (χ2n) is 4.74. The van der Waals surface area contributed by atoms with E-state index in [1.165, 1.54) is 0 Å². The van der Waals surface area contributed by atoms with Gasteiger partial charge in [0.2, 0.25) is 0 Å². The molecule has 1 aromatic rings. The Morgan fingerprint density at radius 2 is 2.33 bits per heavy atom. The zero-order valence-corrected chi connectivity index (χ0v) is 10.8. The maximum absolute atomic E-state index is 12.3. The number of aryl methyl sites for hydroxylation is 1. The Bertz CT molecular complexity index is 471. The third-order valence-electron chi connectivity index (χ3n) is 3.52. The van der Waals surface area contributed by atoms with E-state index in [9.17, 15) is 9.59 Å². The van der Waals surface area contributed by atoms with Crippen molar-refractivity contribution in [1.82, 2.24) is 9.88 Å². The summed E-state index contributed by atoms with van der Waals surface area (Å²) >= 11 is 0. The highest BCUT2D eigenvalue weighted by Crippen LogP contribution is 2.18. The molecule has 1 saturated heterocycles. The lowest BCUT2D eigenvalue weighted by Crippen LogP contribution is -2.44. The van der Waals surface area contributed by atoms with Crippen molar-refractivity contribution in [1.29, 1.82) is 0 Å². The molecule has 0 aromatic carbocycles. The number of aromatic nitrogens is 1. The van der Waals surface area contributed by atoms with Gasteiger partial charge in [-0.1, -0.05) is 13.0 Å². The van der Waals surface area contributed by atoms with Crippen LogP contribution in [0.25, 0.3) is 0 Å². The van der Waals surface area contributed by atoms with Crippen LogP contribution in [0.2, 0.25) is 0 Å². The molecule has 2 heterocycles. The molecule has 1 aliphatic rings. The fourth-order valence-corrected chi connectivity index (χ4v) is 2.31.